The number of unbranched alkanes of at least 4 members (excludes halogenated alkanes) is 1. The minimum atomic E-state index is -1.19. The molecule has 4 amide bonds. The van der Waals surface area contributed by atoms with Gasteiger partial charge in [0.05, 0.1) is 7.11 Å². The van der Waals surface area contributed by atoms with E-state index in [1.165, 1.54) is 12.0 Å². The Labute approximate surface area is 224 Å². The monoisotopic (exact) mass is 534 g/mol. The number of ether oxygens (including phenoxy) is 2. The summed E-state index contributed by atoms with van der Waals surface area (Å²) >= 11 is 0. The molecule has 1 aromatic rings. The average Bonchev–Trinajstić information content (AvgIpc) is 2.82. The number of aryl methyl sites for hydroxylation is 2. The van der Waals surface area contributed by atoms with Crippen LogP contribution in [0.15, 0.2) is 18.2 Å². The van der Waals surface area contributed by atoms with Crippen LogP contribution >= 0.6 is 0 Å². The van der Waals surface area contributed by atoms with Crippen molar-refractivity contribution in [3.8, 4) is 0 Å². The fourth-order valence-electron chi connectivity index (χ4n) is 3.90. The largest absolute Gasteiger partial charge is 0.468 e. The van der Waals surface area contributed by atoms with Gasteiger partial charge in [0.15, 0.2) is 0 Å². The summed E-state index contributed by atoms with van der Waals surface area (Å²) in [5.41, 5.74) is 6.65. The van der Waals surface area contributed by atoms with Crippen LogP contribution in [0.1, 0.15) is 76.1 Å². The highest BCUT2D eigenvalue weighted by molar-refractivity contribution is 5.94. The lowest BCUT2D eigenvalue weighted by atomic mass is 9.93. The van der Waals surface area contributed by atoms with Crippen molar-refractivity contribution in [2.75, 3.05) is 20.2 Å². The van der Waals surface area contributed by atoms with Crippen LogP contribution in [0.25, 0.3) is 0 Å². The number of methoxy groups -OCH3 is 1. The lowest BCUT2D eigenvalue weighted by molar-refractivity contribution is -0.145. The van der Waals surface area contributed by atoms with Gasteiger partial charge in [0.2, 0.25) is 17.7 Å². The molecule has 0 heterocycles. The van der Waals surface area contributed by atoms with Crippen LogP contribution in [0.4, 0.5) is 4.79 Å². The Bertz CT molecular complexity index is 983. The van der Waals surface area contributed by atoms with Gasteiger partial charge in [0, 0.05) is 13.0 Å². The molecule has 0 aliphatic carbocycles. The number of primary amides is 1. The Morgan fingerprint density at radius 3 is 2.18 bits per heavy atom. The molecule has 0 fully saturated rings. The van der Waals surface area contributed by atoms with E-state index in [0.29, 0.717) is 12.0 Å². The van der Waals surface area contributed by atoms with Gasteiger partial charge in [-0.05, 0) is 64.2 Å². The van der Waals surface area contributed by atoms with Crippen molar-refractivity contribution < 1.29 is 33.4 Å². The molecule has 0 radical (unpaired) electrons. The number of rotatable bonds is 13. The average molecular weight is 535 g/mol. The molecular formula is C27H42N4O7. The van der Waals surface area contributed by atoms with Gasteiger partial charge < -0.3 is 30.7 Å². The zero-order chi connectivity index (χ0) is 29.0. The fraction of sp³-hybridized carbons (Fsp3) is 0.593. The Hall–Kier alpha value is -3.63. The molecule has 0 saturated carbocycles. The molecular weight excluding hydrogens is 492 g/mol. The molecule has 0 aliphatic heterocycles. The molecule has 0 bridgehead atoms. The van der Waals surface area contributed by atoms with Gasteiger partial charge in [0.25, 0.3) is 0 Å². The summed E-state index contributed by atoms with van der Waals surface area (Å²) in [5.74, 6) is -2.44. The van der Waals surface area contributed by atoms with Gasteiger partial charge >= 0.3 is 12.1 Å². The molecule has 4 N–H and O–H groups in total. The van der Waals surface area contributed by atoms with Gasteiger partial charge in [-0.3, -0.25) is 19.2 Å². The van der Waals surface area contributed by atoms with E-state index >= 15 is 0 Å². The normalized spacial score (nSPS) is 12.6. The molecule has 0 aliphatic rings. The van der Waals surface area contributed by atoms with Crippen molar-refractivity contribution in [2.45, 2.75) is 84.9 Å². The smallest absolute Gasteiger partial charge is 0.408 e. The molecule has 11 heteroatoms. The summed E-state index contributed by atoms with van der Waals surface area (Å²) < 4.78 is 9.97. The zero-order valence-corrected chi connectivity index (χ0v) is 23.5. The Kier molecular flexibility index (Phi) is 12.7. The quantitative estimate of drug-likeness (QED) is 0.328. The zero-order valence-electron chi connectivity index (χ0n) is 23.5. The van der Waals surface area contributed by atoms with Gasteiger partial charge in [0.1, 0.15) is 24.2 Å². The van der Waals surface area contributed by atoms with Crippen LogP contribution in [-0.2, 0) is 28.7 Å². The van der Waals surface area contributed by atoms with Crippen LogP contribution in [0.5, 0.6) is 0 Å². The number of alkyl carbamates (subject to hydrolysis) is 1. The number of carbonyl (C=O) groups is 5. The highest BCUT2D eigenvalue weighted by atomic mass is 16.6. The van der Waals surface area contributed by atoms with E-state index in [2.05, 4.69) is 15.4 Å². The van der Waals surface area contributed by atoms with Crippen molar-refractivity contribution in [1.29, 1.82) is 0 Å². The number of hydrogen-bond acceptors (Lipinski definition) is 7. The van der Waals surface area contributed by atoms with Crippen molar-refractivity contribution in [3.05, 3.63) is 34.9 Å². The molecule has 2 atom stereocenters. The highest BCUT2D eigenvalue weighted by Gasteiger charge is 2.37. The minimum absolute atomic E-state index is 0.0840. The van der Waals surface area contributed by atoms with Gasteiger partial charge in [-0.15, -0.1) is 0 Å². The first-order chi connectivity index (χ1) is 17.7. The number of amides is 4. The highest BCUT2D eigenvalue weighted by Crippen LogP contribution is 2.29. The molecule has 0 aromatic heterocycles. The maximum atomic E-state index is 14.0. The molecule has 2 unspecified atom stereocenters. The summed E-state index contributed by atoms with van der Waals surface area (Å²) in [5, 5.41) is 5.12. The second-order valence-electron chi connectivity index (χ2n) is 10.1. The van der Waals surface area contributed by atoms with Crippen molar-refractivity contribution >= 4 is 29.8 Å². The minimum Gasteiger partial charge on any atom is -0.468 e. The third kappa shape index (κ3) is 10.4. The number of carbonyl (C=O) groups excluding carboxylic acids is 5. The number of nitrogens with zero attached hydrogens (tertiary/aromatic N) is 1. The first-order valence-electron chi connectivity index (χ1n) is 12.7. The summed E-state index contributed by atoms with van der Waals surface area (Å²) in [4.78, 5) is 64.9. The maximum Gasteiger partial charge on any atom is 0.408 e. The van der Waals surface area contributed by atoms with E-state index in [9.17, 15) is 24.0 Å². The van der Waals surface area contributed by atoms with Gasteiger partial charge in [-0.25, -0.2) is 4.79 Å². The van der Waals surface area contributed by atoms with E-state index in [0.717, 1.165) is 17.5 Å². The Morgan fingerprint density at radius 1 is 1.08 bits per heavy atom. The molecule has 11 nitrogen and oxygen atoms in total. The fourth-order valence-corrected chi connectivity index (χ4v) is 3.90. The molecule has 1 aromatic carbocycles. The number of hydrogen-bond donors (Lipinski definition) is 3. The van der Waals surface area contributed by atoms with Crippen LogP contribution in [0, 0.1) is 13.8 Å². The van der Waals surface area contributed by atoms with E-state index in [1.807, 2.05) is 39.0 Å². The summed E-state index contributed by atoms with van der Waals surface area (Å²) in [7, 11) is 1.21. The lowest BCUT2D eigenvalue weighted by Crippen LogP contribution is -2.54. The van der Waals surface area contributed by atoms with Crippen LogP contribution < -0.4 is 16.4 Å². The number of nitrogens with one attached hydrogen (secondary N) is 2. The second-order valence-corrected chi connectivity index (χ2v) is 10.1. The third-order valence-electron chi connectivity index (χ3n) is 5.71. The number of esters is 1. The van der Waals surface area contributed by atoms with Gasteiger partial charge in [-0.2, -0.15) is 0 Å². The molecule has 0 spiro atoms. The van der Waals surface area contributed by atoms with E-state index < -0.39 is 47.5 Å². The van der Waals surface area contributed by atoms with Crippen molar-refractivity contribution in [3.63, 3.8) is 0 Å². The van der Waals surface area contributed by atoms with E-state index in [-0.39, 0.29) is 25.9 Å². The standard InChI is InChI=1S/C27H42N4O7/c1-8-9-15-31(25(35)19(13-14-20(28)32)30-26(36)38-27(4,5)6)23(24(34)29-16-21(33)37-7)22-17(2)11-10-12-18(22)3/h10-12,19,23H,8-9,13-16H2,1-7H3,(H2,28,32)(H,29,34)(H,30,36). The number of nitrogens with two attached hydrogens (primary N) is 1. The first kappa shape index (κ1) is 32.4. The Balaban J connectivity index is 3.58. The molecule has 1 rings (SSSR count). The van der Waals surface area contributed by atoms with Crippen LogP contribution in [-0.4, -0.2) is 66.5 Å². The maximum absolute atomic E-state index is 14.0. The molecule has 212 valence electrons. The van der Waals surface area contributed by atoms with E-state index in [1.54, 1.807) is 20.8 Å². The summed E-state index contributed by atoms with van der Waals surface area (Å²) in [6.45, 7) is 10.5. The second kappa shape index (κ2) is 14.9. The van der Waals surface area contributed by atoms with Crippen LogP contribution in [0.2, 0.25) is 0 Å². The summed E-state index contributed by atoms with van der Waals surface area (Å²) in [6, 6.07) is 3.20. The first-order valence-corrected chi connectivity index (χ1v) is 12.7. The van der Waals surface area contributed by atoms with E-state index in [4.69, 9.17) is 10.5 Å². The molecule has 0 saturated heterocycles. The van der Waals surface area contributed by atoms with Crippen molar-refractivity contribution in [2.24, 2.45) is 5.73 Å². The number of benzene rings is 1. The predicted molar refractivity (Wildman–Crippen MR) is 142 cm³/mol. The van der Waals surface area contributed by atoms with Crippen molar-refractivity contribution in [1.82, 2.24) is 15.5 Å². The lowest BCUT2D eigenvalue weighted by Gasteiger charge is -2.35. The third-order valence-corrected chi connectivity index (χ3v) is 5.71. The Morgan fingerprint density at radius 2 is 1.68 bits per heavy atom. The predicted octanol–water partition coefficient (Wildman–Crippen LogP) is 2.42. The van der Waals surface area contributed by atoms with Crippen LogP contribution in [0.3, 0.4) is 0 Å². The topological polar surface area (TPSA) is 157 Å². The van der Waals surface area contributed by atoms with Gasteiger partial charge in [-0.1, -0.05) is 31.5 Å². The summed E-state index contributed by atoms with van der Waals surface area (Å²) in [6.07, 6.45) is 0.190. The molecule has 38 heavy (non-hydrogen) atoms. The SMILES string of the molecule is CCCCN(C(=O)C(CCC(N)=O)NC(=O)OC(C)(C)C)C(C(=O)NCC(=O)OC)c1c(C)cccc1C.